The molecule has 33 heavy (non-hydrogen) atoms. The van der Waals surface area contributed by atoms with Gasteiger partial charge in [0.25, 0.3) is 11.8 Å². The summed E-state index contributed by atoms with van der Waals surface area (Å²) in [5, 5.41) is -0.0462. The molecule has 5 aliphatic rings. The van der Waals surface area contributed by atoms with E-state index in [-0.39, 0.29) is 29.1 Å². The highest BCUT2D eigenvalue weighted by Crippen LogP contribution is 2.59. The lowest BCUT2D eigenvalue weighted by Crippen LogP contribution is -2.62. The Balaban J connectivity index is 1.37. The minimum atomic E-state index is -1.26. The fourth-order valence-electron chi connectivity index (χ4n) is 6.90. The summed E-state index contributed by atoms with van der Waals surface area (Å²) < 4.78 is 13.5. The molecule has 0 radical (unpaired) electrons. The van der Waals surface area contributed by atoms with E-state index < -0.39 is 35.0 Å². The van der Waals surface area contributed by atoms with E-state index in [1.165, 1.54) is 28.0 Å². The number of hydrogen-bond acceptors (Lipinski definition) is 4. The van der Waals surface area contributed by atoms with Crippen molar-refractivity contribution < 1.29 is 23.6 Å². The highest BCUT2D eigenvalue weighted by molar-refractivity contribution is 6.44. The third kappa shape index (κ3) is 2.61. The maximum atomic E-state index is 13.5. The molecule has 2 bridgehead atoms. The molecule has 4 unspecified atom stereocenters. The van der Waals surface area contributed by atoms with Crippen molar-refractivity contribution >= 4 is 35.1 Å². The van der Waals surface area contributed by atoms with Crippen molar-refractivity contribution in [1.29, 1.82) is 0 Å². The number of likely N-dealkylation sites (N-methyl/N-ethyl adjacent to an activating group) is 1. The maximum Gasteiger partial charge on any atom is 0.297 e. The van der Waals surface area contributed by atoms with Crippen LogP contribution in [0.25, 0.3) is 0 Å². The zero-order valence-electron chi connectivity index (χ0n) is 18.1. The molecule has 0 N–H and O–H groups in total. The lowest BCUT2D eigenvalue weighted by molar-refractivity contribution is -0.158. The number of likely N-dealkylation sites (tertiary alicyclic amines) is 1. The number of benzene rings is 1. The van der Waals surface area contributed by atoms with Gasteiger partial charge >= 0.3 is 0 Å². The van der Waals surface area contributed by atoms with Gasteiger partial charge in [0.2, 0.25) is 11.7 Å². The number of rotatable bonds is 2. The van der Waals surface area contributed by atoms with E-state index in [2.05, 4.69) is 0 Å². The predicted octanol–water partition coefficient (Wildman–Crippen LogP) is 2.48. The van der Waals surface area contributed by atoms with Gasteiger partial charge in [0.15, 0.2) is 0 Å². The molecular weight excluding hydrogens is 449 g/mol. The third-order valence-corrected chi connectivity index (χ3v) is 8.67. The van der Waals surface area contributed by atoms with Gasteiger partial charge in [-0.2, -0.15) is 0 Å². The number of hydrogen-bond donors (Lipinski definition) is 0. The zero-order chi connectivity index (χ0) is 23.2. The Morgan fingerprint density at radius 2 is 1.94 bits per heavy atom. The van der Waals surface area contributed by atoms with Crippen molar-refractivity contribution in [2.24, 2.45) is 17.8 Å². The average Bonchev–Trinajstić information content (AvgIpc) is 3.46. The van der Waals surface area contributed by atoms with Crippen molar-refractivity contribution in [2.75, 3.05) is 13.6 Å². The number of Topliss-reactive ketones (excluding diaryl/α,β-unsaturated/α-hetero) is 1. The molecule has 2 saturated heterocycles. The molecule has 2 aliphatic carbocycles. The smallest absolute Gasteiger partial charge is 0.297 e. The molecule has 6 rings (SSSR count). The van der Waals surface area contributed by atoms with Crippen LogP contribution >= 0.6 is 11.6 Å². The molecular formula is C24H23ClFN3O4. The Labute approximate surface area is 195 Å². The van der Waals surface area contributed by atoms with Gasteiger partial charge in [-0.15, -0.1) is 0 Å². The average molecular weight is 472 g/mol. The van der Waals surface area contributed by atoms with Crippen LogP contribution in [-0.4, -0.2) is 57.5 Å². The lowest BCUT2D eigenvalue weighted by Gasteiger charge is -2.47. The van der Waals surface area contributed by atoms with Gasteiger partial charge in [-0.25, -0.2) is 4.39 Å². The topological polar surface area (TPSA) is 78.0 Å². The second-order valence-corrected chi connectivity index (χ2v) is 10.3. The summed E-state index contributed by atoms with van der Waals surface area (Å²) in [6, 6.07) is 4.21. The fourth-order valence-corrected chi connectivity index (χ4v) is 7.11. The number of ketones is 1. The first-order valence-corrected chi connectivity index (χ1v) is 11.7. The quantitative estimate of drug-likeness (QED) is 0.490. The minimum absolute atomic E-state index is 0.0462. The number of amides is 3. The Morgan fingerprint density at radius 1 is 1.15 bits per heavy atom. The summed E-state index contributed by atoms with van der Waals surface area (Å²) >= 11 is 5.87. The molecule has 3 amide bonds. The highest BCUT2D eigenvalue weighted by atomic mass is 35.5. The van der Waals surface area contributed by atoms with Crippen molar-refractivity contribution in [3.63, 3.8) is 0 Å². The second kappa shape index (κ2) is 6.88. The van der Waals surface area contributed by atoms with Crippen molar-refractivity contribution in [1.82, 2.24) is 14.7 Å². The molecule has 3 heterocycles. The number of nitrogens with zero attached hydrogens (tertiary/aromatic N) is 3. The number of carbonyl (C=O) groups excluding carboxylic acids is 4. The van der Waals surface area contributed by atoms with Crippen LogP contribution < -0.4 is 0 Å². The summed E-state index contributed by atoms with van der Waals surface area (Å²) in [6.45, 7) is 0.444. The fraction of sp³-hybridized carbons (Fsp3) is 0.500. The largest absolute Gasteiger partial charge is 0.337 e. The Morgan fingerprint density at radius 3 is 2.61 bits per heavy atom. The monoisotopic (exact) mass is 471 g/mol. The van der Waals surface area contributed by atoms with Gasteiger partial charge in [0.1, 0.15) is 23.1 Å². The highest BCUT2D eigenvalue weighted by Gasteiger charge is 2.68. The van der Waals surface area contributed by atoms with E-state index in [4.69, 9.17) is 11.6 Å². The van der Waals surface area contributed by atoms with Gasteiger partial charge in [-0.1, -0.05) is 17.7 Å². The number of halogens is 2. The summed E-state index contributed by atoms with van der Waals surface area (Å²) in [4.78, 5) is 58.1. The first kappa shape index (κ1) is 20.8. The molecule has 172 valence electrons. The van der Waals surface area contributed by atoms with E-state index in [1.807, 2.05) is 0 Å². The van der Waals surface area contributed by atoms with Crippen LogP contribution in [0, 0.1) is 23.6 Å². The summed E-state index contributed by atoms with van der Waals surface area (Å²) in [7, 11) is 1.72. The van der Waals surface area contributed by atoms with Crippen LogP contribution in [-0.2, 0) is 25.7 Å². The van der Waals surface area contributed by atoms with Crippen molar-refractivity contribution in [3.05, 3.63) is 45.9 Å². The predicted molar refractivity (Wildman–Crippen MR) is 115 cm³/mol. The third-order valence-electron chi connectivity index (χ3n) is 8.38. The molecule has 2 saturated carbocycles. The molecule has 4 fully saturated rings. The first-order chi connectivity index (χ1) is 15.7. The molecule has 4 atom stereocenters. The molecule has 1 aromatic carbocycles. The first-order valence-electron chi connectivity index (χ1n) is 11.4. The standard InChI is InChI=1S/C24H23ClFN3O4/c1-27-22(32)19-15-6-7-28(11-13-3-5-17(26)16(25)9-13)21(31)18(15)20(30)23(33)29(19)24(27)10-12-2-4-14(24)8-12/h3,5,9,12,14,18H,2,4,6-8,10-11H2,1H3. The zero-order valence-corrected chi connectivity index (χ0v) is 18.9. The van der Waals surface area contributed by atoms with Gasteiger partial charge in [-0.05, 0) is 61.3 Å². The Hall–Kier alpha value is -2.74. The molecule has 0 aromatic heterocycles. The van der Waals surface area contributed by atoms with Crippen molar-refractivity contribution in [3.8, 4) is 0 Å². The van der Waals surface area contributed by atoms with Gasteiger partial charge in [0, 0.05) is 26.1 Å². The van der Waals surface area contributed by atoms with E-state index in [9.17, 15) is 23.6 Å². The van der Waals surface area contributed by atoms with Crippen LogP contribution in [0.4, 0.5) is 4.39 Å². The number of fused-ring (bicyclic) bond motifs is 6. The van der Waals surface area contributed by atoms with Crippen molar-refractivity contribution in [2.45, 2.75) is 44.3 Å². The van der Waals surface area contributed by atoms with Gasteiger partial charge in [-0.3, -0.25) is 24.1 Å². The van der Waals surface area contributed by atoms with E-state index >= 15 is 0 Å². The van der Waals surface area contributed by atoms with Crippen LogP contribution in [0.2, 0.25) is 5.02 Å². The summed E-state index contributed by atoms with van der Waals surface area (Å²) in [5.41, 5.74) is 0.567. The van der Waals surface area contributed by atoms with Gasteiger partial charge in [0.05, 0.1) is 5.02 Å². The molecule has 1 spiro atoms. The summed E-state index contributed by atoms with van der Waals surface area (Å²) in [6.07, 6.45) is 3.99. The van der Waals surface area contributed by atoms with Crippen LogP contribution in [0.3, 0.4) is 0 Å². The summed E-state index contributed by atoms with van der Waals surface area (Å²) in [5.74, 6) is -3.48. The molecule has 9 heteroatoms. The normalized spacial score (nSPS) is 33.1. The minimum Gasteiger partial charge on any atom is -0.337 e. The van der Waals surface area contributed by atoms with Crippen LogP contribution in [0.5, 0.6) is 0 Å². The maximum absolute atomic E-state index is 13.5. The molecule has 1 aromatic rings. The Kier molecular flexibility index (Phi) is 4.35. The number of piperidine rings is 1. The van der Waals surface area contributed by atoms with E-state index in [1.54, 1.807) is 11.9 Å². The van der Waals surface area contributed by atoms with Gasteiger partial charge < -0.3 is 9.80 Å². The molecule has 3 aliphatic heterocycles. The van der Waals surface area contributed by atoms with E-state index in [0.29, 0.717) is 36.4 Å². The number of carbonyl (C=O) groups is 4. The Bertz CT molecular complexity index is 1180. The van der Waals surface area contributed by atoms with Crippen LogP contribution in [0.15, 0.2) is 29.5 Å². The van der Waals surface area contributed by atoms with Crippen LogP contribution in [0.1, 0.15) is 37.7 Å². The SMILES string of the molecule is CN1C(=O)C2=C3CCN(Cc4ccc(F)c(Cl)c4)C(=O)C3C(=O)C(=O)N2C12CC1CCC2C1. The molecule has 7 nitrogen and oxygen atoms in total. The van der Waals surface area contributed by atoms with E-state index in [0.717, 1.165) is 19.3 Å². The lowest BCUT2D eigenvalue weighted by atomic mass is 9.80. The second-order valence-electron chi connectivity index (χ2n) is 9.89.